The van der Waals surface area contributed by atoms with E-state index in [0.717, 1.165) is 56.2 Å². The minimum Gasteiger partial charge on any atom is -0.341 e. The monoisotopic (exact) mass is 360 g/mol. The number of likely N-dealkylation sites (tertiary alicyclic amines) is 1. The standard InChI is InChI=1S/C19H22F2N4O/c1-12(19(26)24-7-2-3-8-24)25-9-6-17-14(11-25)18(23-22-17)13-4-5-15(20)16(21)10-13/h4-5,10,12H,2-3,6-9,11H2,1H3,(H,22,23)/t12-/m1/s1. The fourth-order valence-corrected chi connectivity index (χ4v) is 3.89. The molecule has 0 unspecified atom stereocenters. The Balaban J connectivity index is 1.57. The van der Waals surface area contributed by atoms with Crippen molar-refractivity contribution in [1.82, 2.24) is 20.0 Å². The van der Waals surface area contributed by atoms with E-state index in [1.165, 1.54) is 12.1 Å². The van der Waals surface area contributed by atoms with Crippen molar-refractivity contribution in [3.05, 3.63) is 41.1 Å². The first-order valence-electron chi connectivity index (χ1n) is 9.09. The molecule has 0 bridgehead atoms. The van der Waals surface area contributed by atoms with Gasteiger partial charge in [0.15, 0.2) is 11.6 Å². The van der Waals surface area contributed by atoms with E-state index >= 15 is 0 Å². The second kappa shape index (κ2) is 6.79. The van der Waals surface area contributed by atoms with E-state index in [1.807, 2.05) is 11.8 Å². The average molecular weight is 360 g/mol. The third-order valence-electron chi connectivity index (χ3n) is 5.48. The predicted octanol–water partition coefficient (Wildman–Crippen LogP) is 2.72. The summed E-state index contributed by atoms with van der Waals surface area (Å²) in [6.07, 6.45) is 2.90. The molecule has 1 saturated heterocycles. The fourth-order valence-electron chi connectivity index (χ4n) is 3.89. The number of hydrogen-bond acceptors (Lipinski definition) is 3. The molecular formula is C19H22F2N4O. The van der Waals surface area contributed by atoms with Gasteiger partial charge >= 0.3 is 0 Å². The van der Waals surface area contributed by atoms with Gasteiger partial charge in [0, 0.05) is 49.4 Å². The number of rotatable bonds is 3. The zero-order valence-corrected chi connectivity index (χ0v) is 14.8. The van der Waals surface area contributed by atoms with Gasteiger partial charge in [0.1, 0.15) is 0 Å². The molecule has 0 aliphatic carbocycles. The number of halogens is 2. The first kappa shape index (κ1) is 17.1. The molecular weight excluding hydrogens is 338 g/mol. The molecule has 4 rings (SSSR count). The highest BCUT2D eigenvalue weighted by molar-refractivity contribution is 5.81. The Morgan fingerprint density at radius 3 is 2.69 bits per heavy atom. The quantitative estimate of drug-likeness (QED) is 0.916. The number of aromatic amines is 1. The van der Waals surface area contributed by atoms with E-state index < -0.39 is 11.6 Å². The smallest absolute Gasteiger partial charge is 0.239 e. The van der Waals surface area contributed by atoms with Crippen molar-refractivity contribution in [1.29, 1.82) is 0 Å². The highest BCUT2D eigenvalue weighted by Crippen LogP contribution is 2.30. The molecule has 2 aromatic rings. The molecule has 1 N–H and O–H groups in total. The Morgan fingerprint density at radius 2 is 1.96 bits per heavy atom. The van der Waals surface area contributed by atoms with Crippen molar-refractivity contribution in [2.45, 2.75) is 38.8 Å². The number of hydrogen-bond donors (Lipinski definition) is 1. The Morgan fingerprint density at radius 1 is 1.19 bits per heavy atom. The van der Waals surface area contributed by atoms with Crippen LogP contribution in [-0.4, -0.2) is 51.6 Å². The van der Waals surface area contributed by atoms with Crippen LogP contribution < -0.4 is 0 Å². The van der Waals surface area contributed by atoms with Crippen molar-refractivity contribution >= 4 is 5.91 Å². The third-order valence-corrected chi connectivity index (χ3v) is 5.48. The van der Waals surface area contributed by atoms with Gasteiger partial charge in [-0.1, -0.05) is 0 Å². The summed E-state index contributed by atoms with van der Waals surface area (Å²) in [5, 5.41) is 7.33. The third kappa shape index (κ3) is 3.00. The second-order valence-electron chi connectivity index (χ2n) is 7.09. The number of carbonyl (C=O) groups excluding carboxylic acids is 1. The van der Waals surface area contributed by atoms with Gasteiger partial charge in [-0.25, -0.2) is 8.78 Å². The van der Waals surface area contributed by atoms with Gasteiger partial charge < -0.3 is 4.90 Å². The van der Waals surface area contributed by atoms with E-state index in [-0.39, 0.29) is 11.9 Å². The molecule has 0 spiro atoms. The maximum atomic E-state index is 13.6. The number of nitrogens with one attached hydrogen (secondary N) is 1. The minimum absolute atomic E-state index is 0.170. The lowest BCUT2D eigenvalue weighted by Crippen LogP contribution is -2.47. The summed E-state index contributed by atoms with van der Waals surface area (Å²) in [4.78, 5) is 16.8. The molecule has 1 atom stereocenters. The molecule has 2 aliphatic heterocycles. The summed E-state index contributed by atoms with van der Waals surface area (Å²) in [6, 6.07) is 3.62. The van der Waals surface area contributed by atoms with Gasteiger partial charge in [-0.05, 0) is 38.0 Å². The highest BCUT2D eigenvalue weighted by Gasteiger charge is 2.31. The van der Waals surface area contributed by atoms with Crippen LogP contribution in [0, 0.1) is 11.6 Å². The topological polar surface area (TPSA) is 52.2 Å². The molecule has 138 valence electrons. The number of carbonyl (C=O) groups is 1. The normalized spacial score (nSPS) is 18.8. The van der Waals surface area contributed by atoms with E-state index in [4.69, 9.17) is 0 Å². The lowest BCUT2D eigenvalue weighted by Gasteiger charge is -2.33. The molecule has 7 heteroatoms. The van der Waals surface area contributed by atoms with Crippen molar-refractivity contribution in [2.24, 2.45) is 0 Å². The van der Waals surface area contributed by atoms with Crippen LogP contribution in [0.5, 0.6) is 0 Å². The van der Waals surface area contributed by atoms with Crippen molar-refractivity contribution in [3.8, 4) is 11.3 Å². The number of aromatic nitrogens is 2. The Kier molecular flexibility index (Phi) is 4.48. The number of amides is 1. The van der Waals surface area contributed by atoms with E-state index in [1.54, 1.807) is 0 Å². The average Bonchev–Trinajstić information content (AvgIpc) is 3.32. The Hall–Kier alpha value is -2.28. The molecule has 1 aromatic carbocycles. The molecule has 5 nitrogen and oxygen atoms in total. The number of fused-ring (bicyclic) bond motifs is 1. The van der Waals surface area contributed by atoms with Crippen LogP contribution in [-0.2, 0) is 17.8 Å². The zero-order valence-electron chi connectivity index (χ0n) is 14.8. The summed E-state index contributed by atoms with van der Waals surface area (Å²) >= 11 is 0. The summed E-state index contributed by atoms with van der Waals surface area (Å²) in [6.45, 7) is 4.97. The van der Waals surface area contributed by atoms with Crippen molar-refractivity contribution in [3.63, 3.8) is 0 Å². The molecule has 1 amide bonds. The van der Waals surface area contributed by atoms with Gasteiger partial charge in [-0.2, -0.15) is 5.10 Å². The van der Waals surface area contributed by atoms with Gasteiger partial charge in [0.05, 0.1) is 11.7 Å². The molecule has 1 fully saturated rings. The first-order chi connectivity index (χ1) is 12.5. The zero-order chi connectivity index (χ0) is 18.3. The minimum atomic E-state index is -0.885. The van der Waals surface area contributed by atoms with Gasteiger partial charge in [0.2, 0.25) is 5.91 Å². The van der Waals surface area contributed by atoms with E-state index in [0.29, 0.717) is 17.8 Å². The molecule has 2 aliphatic rings. The molecule has 1 aromatic heterocycles. The van der Waals surface area contributed by atoms with Crippen LogP contribution in [0.2, 0.25) is 0 Å². The van der Waals surface area contributed by atoms with Crippen LogP contribution in [0.1, 0.15) is 31.0 Å². The molecule has 0 saturated carbocycles. The maximum Gasteiger partial charge on any atom is 0.239 e. The summed E-state index contributed by atoms with van der Waals surface area (Å²) in [5.41, 5.74) is 3.14. The summed E-state index contributed by atoms with van der Waals surface area (Å²) in [7, 11) is 0. The van der Waals surface area contributed by atoms with Crippen molar-refractivity contribution in [2.75, 3.05) is 19.6 Å². The summed E-state index contributed by atoms with van der Waals surface area (Å²) in [5.74, 6) is -1.59. The Bertz CT molecular complexity index is 829. The first-order valence-corrected chi connectivity index (χ1v) is 9.09. The van der Waals surface area contributed by atoms with E-state index in [2.05, 4.69) is 15.1 Å². The van der Waals surface area contributed by atoms with Crippen LogP contribution in [0.3, 0.4) is 0 Å². The van der Waals surface area contributed by atoms with Gasteiger partial charge in [0.25, 0.3) is 0 Å². The van der Waals surface area contributed by atoms with Gasteiger partial charge in [-0.3, -0.25) is 14.8 Å². The molecule has 26 heavy (non-hydrogen) atoms. The molecule has 0 radical (unpaired) electrons. The molecule has 3 heterocycles. The number of benzene rings is 1. The lowest BCUT2D eigenvalue weighted by molar-refractivity contribution is -0.135. The van der Waals surface area contributed by atoms with Crippen LogP contribution in [0.15, 0.2) is 18.2 Å². The second-order valence-corrected chi connectivity index (χ2v) is 7.09. The van der Waals surface area contributed by atoms with Crippen LogP contribution in [0.25, 0.3) is 11.3 Å². The fraction of sp³-hybridized carbons (Fsp3) is 0.474. The number of H-pyrrole nitrogens is 1. The lowest BCUT2D eigenvalue weighted by atomic mass is 9.99. The SMILES string of the molecule is C[C@H](C(=O)N1CCCC1)N1CCc2[nH]nc(-c3ccc(F)c(F)c3)c2C1. The van der Waals surface area contributed by atoms with Crippen LogP contribution >= 0.6 is 0 Å². The van der Waals surface area contributed by atoms with Crippen LogP contribution in [0.4, 0.5) is 8.78 Å². The maximum absolute atomic E-state index is 13.6. The summed E-state index contributed by atoms with van der Waals surface area (Å²) < 4.78 is 26.8. The highest BCUT2D eigenvalue weighted by atomic mass is 19.2. The Labute approximate surface area is 151 Å². The largest absolute Gasteiger partial charge is 0.341 e. The van der Waals surface area contributed by atoms with E-state index in [9.17, 15) is 13.6 Å². The van der Waals surface area contributed by atoms with Crippen molar-refractivity contribution < 1.29 is 13.6 Å². The number of nitrogens with zero attached hydrogens (tertiary/aromatic N) is 3. The predicted molar refractivity (Wildman–Crippen MR) is 93.3 cm³/mol. The van der Waals surface area contributed by atoms with Gasteiger partial charge in [-0.15, -0.1) is 0 Å².